The maximum atomic E-state index is 11.3. The lowest BCUT2D eigenvalue weighted by Crippen LogP contribution is -2.27. The van der Waals surface area contributed by atoms with E-state index in [0.29, 0.717) is 19.0 Å². The number of nitrogens with one attached hydrogen (secondary N) is 2. The van der Waals surface area contributed by atoms with Crippen molar-refractivity contribution < 1.29 is 19.1 Å². The molecule has 1 fully saturated rings. The zero-order chi connectivity index (χ0) is 12.3. The Morgan fingerprint density at radius 1 is 1.53 bits per heavy atom. The molecule has 0 radical (unpaired) electrons. The van der Waals surface area contributed by atoms with E-state index in [1.54, 1.807) is 0 Å². The van der Waals surface area contributed by atoms with E-state index in [1.165, 1.54) is 0 Å². The first-order chi connectivity index (χ1) is 8.15. The van der Waals surface area contributed by atoms with Crippen molar-refractivity contribution in [1.82, 2.24) is 10.3 Å². The molecule has 1 amide bonds. The Hall–Kier alpha value is -2.05. The molecule has 92 valence electrons. The Kier molecular flexibility index (Phi) is 3.27. The summed E-state index contributed by atoms with van der Waals surface area (Å²) in [5, 5.41) is 14.2. The average molecular weight is 239 g/mol. The normalized spacial score (nSPS) is 14.4. The second-order valence-electron chi connectivity index (χ2n) is 3.86. The van der Waals surface area contributed by atoms with E-state index in [2.05, 4.69) is 15.6 Å². The van der Waals surface area contributed by atoms with Crippen LogP contribution in [-0.4, -0.2) is 34.6 Å². The molecule has 1 heterocycles. The van der Waals surface area contributed by atoms with Gasteiger partial charge in [-0.1, -0.05) is 0 Å². The van der Waals surface area contributed by atoms with Gasteiger partial charge < -0.3 is 20.2 Å². The van der Waals surface area contributed by atoms with Crippen LogP contribution in [-0.2, 0) is 4.79 Å². The largest absolute Gasteiger partial charge is 0.476 e. The molecule has 7 nitrogen and oxygen atoms in total. The first-order valence-corrected chi connectivity index (χ1v) is 5.37. The van der Waals surface area contributed by atoms with Crippen molar-refractivity contribution in [3.63, 3.8) is 0 Å². The molecule has 0 aromatic carbocycles. The molecule has 1 aromatic heterocycles. The van der Waals surface area contributed by atoms with Gasteiger partial charge >= 0.3 is 5.97 Å². The summed E-state index contributed by atoms with van der Waals surface area (Å²) in [7, 11) is 0. The Labute approximate surface area is 97.2 Å². The lowest BCUT2D eigenvalue weighted by Gasteiger charge is -2.02. The summed E-state index contributed by atoms with van der Waals surface area (Å²) in [4.78, 5) is 25.5. The topological polar surface area (TPSA) is 104 Å². The number of anilines is 1. The Morgan fingerprint density at radius 3 is 2.88 bits per heavy atom. The maximum Gasteiger partial charge on any atom is 0.357 e. The molecule has 2 rings (SSSR count). The van der Waals surface area contributed by atoms with E-state index in [4.69, 9.17) is 9.52 Å². The third-order valence-corrected chi connectivity index (χ3v) is 2.29. The Morgan fingerprint density at radius 2 is 2.29 bits per heavy atom. The van der Waals surface area contributed by atoms with Gasteiger partial charge in [0.25, 0.3) is 6.01 Å². The minimum absolute atomic E-state index is 0.0231. The Bertz CT molecular complexity index is 425. The van der Waals surface area contributed by atoms with Crippen LogP contribution in [0.1, 0.15) is 29.8 Å². The number of carbonyl (C=O) groups excluding carboxylic acids is 1. The summed E-state index contributed by atoms with van der Waals surface area (Å²) in [6.45, 7) is 0.359. The van der Waals surface area contributed by atoms with Gasteiger partial charge in [0.1, 0.15) is 6.26 Å². The zero-order valence-electron chi connectivity index (χ0n) is 9.10. The number of carboxylic acid groups (broad SMARTS) is 1. The second kappa shape index (κ2) is 4.86. The molecule has 17 heavy (non-hydrogen) atoms. The van der Waals surface area contributed by atoms with Gasteiger partial charge in [-0.05, 0) is 12.8 Å². The molecule has 1 aromatic rings. The van der Waals surface area contributed by atoms with Crippen LogP contribution in [0.3, 0.4) is 0 Å². The third kappa shape index (κ3) is 3.47. The number of aromatic nitrogens is 1. The van der Waals surface area contributed by atoms with Crippen molar-refractivity contribution in [3.8, 4) is 0 Å². The van der Waals surface area contributed by atoms with Gasteiger partial charge in [-0.2, -0.15) is 4.98 Å². The van der Waals surface area contributed by atoms with E-state index in [0.717, 1.165) is 19.1 Å². The number of carboxylic acids is 1. The van der Waals surface area contributed by atoms with Crippen molar-refractivity contribution in [3.05, 3.63) is 12.0 Å². The fourth-order valence-electron chi connectivity index (χ4n) is 1.26. The fraction of sp³-hybridized carbons (Fsp3) is 0.500. The number of hydrogen-bond donors (Lipinski definition) is 3. The van der Waals surface area contributed by atoms with Crippen LogP contribution >= 0.6 is 0 Å². The van der Waals surface area contributed by atoms with Crippen molar-refractivity contribution in [2.24, 2.45) is 0 Å². The molecule has 1 aliphatic carbocycles. The molecule has 0 atom stereocenters. The van der Waals surface area contributed by atoms with Crippen molar-refractivity contribution in [2.75, 3.05) is 11.9 Å². The van der Waals surface area contributed by atoms with Crippen LogP contribution in [0.4, 0.5) is 6.01 Å². The highest BCUT2D eigenvalue weighted by atomic mass is 16.4. The van der Waals surface area contributed by atoms with Crippen molar-refractivity contribution >= 4 is 17.9 Å². The number of rotatable bonds is 6. The first kappa shape index (κ1) is 11.4. The minimum Gasteiger partial charge on any atom is -0.476 e. The smallest absolute Gasteiger partial charge is 0.357 e. The molecular weight excluding hydrogens is 226 g/mol. The van der Waals surface area contributed by atoms with E-state index < -0.39 is 5.97 Å². The molecule has 0 unspecified atom stereocenters. The molecule has 0 bridgehead atoms. The van der Waals surface area contributed by atoms with E-state index in [1.807, 2.05) is 0 Å². The Balaban J connectivity index is 1.69. The highest BCUT2D eigenvalue weighted by Gasteiger charge is 2.22. The summed E-state index contributed by atoms with van der Waals surface area (Å²) >= 11 is 0. The molecule has 0 saturated heterocycles. The molecule has 3 N–H and O–H groups in total. The molecule has 0 aliphatic heterocycles. The van der Waals surface area contributed by atoms with Crippen LogP contribution in [0.15, 0.2) is 10.7 Å². The predicted octanol–water partition coefficient (Wildman–Crippen LogP) is 0.453. The first-order valence-electron chi connectivity index (χ1n) is 5.37. The van der Waals surface area contributed by atoms with Crippen LogP contribution in [0, 0.1) is 0 Å². The molecule has 1 aliphatic rings. The van der Waals surface area contributed by atoms with E-state index >= 15 is 0 Å². The highest BCUT2D eigenvalue weighted by Crippen LogP contribution is 2.18. The van der Waals surface area contributed by atoms with Gasteiger partial charge in [-0.15, -0.1) is 0 Å². The fourth-order valence-corrected chi connectivity index (χ4v) is 1.26. The van der Waals surface area contributed by atoms with Crippen LogP contribution in [0.25, 0.3) is 0 Å². The monoisotopic (exact) mass is 239 g/mol. The maximum absolute atomic E-state index is 11.3. The van der Waals surface area contributed by atoms with Gasteiger partial charge in [0.15, 0.2) is 5.69 Å². The van der Waals surface area contributed by atoms with E-state index in [9.17, 15) is 9.59 Å². The van der Waals surface area contributed by atoms with Crippen molar-refractivity contribution in [2.45, 2.75) is 25.3 Å². The van der Waals surface area contributed by atoms with Gasteiger partial charge in [-0.3, -0.25) is 4.79 Å². The summed E-state index contributed by atoms with van der Waals surface area (Å²) in [6, 6.07) is 0.462. The molecule has 7 heteroatoms. The SMILES string of the molecule is O=C(CCNc1nc(C(=O)O)co1)NC1CC1. The number of aromatic carboxylic acids is 1. The summed E-state index contributed by atoms with van der Waals surface area (Å²) in [5.41, 5.74) is -0.157. The standard InChI is InChI=1S/C10H13N3O4/c14-8(12-6-1-2-6)3-4-11-10-13-7(5-17-10)9(15)16/h5-6H,1-4H2,(H,11,13)(H,12,14)(H,15,16). The molecular formula is C10H13N3O4. The number of nitrogens with zero attached hydrogens (tertiary/aromatic N) is 1. The van der Waals surface area contributed by atoms with E-state index in [-0.39, 0.29) is 17.6 Å². The van der Waals surface area contributed by atoms with Gasteiger partial charge in [0, 0.05) is 19.0 Å². The number of oxazole rings is 1. The minimum atomic E-state index is -1.15. The van der Waals surface area contributed by atoms with Gasteiger partial charge in [-0.25, -0.2) is 4.79 Å². The highest BCUT2D eigenvalue weighted by molar-refractivity contribution is 5.85. The van der Waals surface area contributed by atoms with Gasteiger partial charge in [0.2, 0.25) is 5.91 Å². The van der Waals surface area contributed by atoms with Crippen LogP contribution < -0.4 is 10.6 Å². The number of hydrogen-bond acceptors (Lipinski definition) is 5. The van der Waals surface area contributed by atoms with Crippen LogP contribution in [0.5, 0.6) is 0 Å². The second-order valence-corrected chi connectivity index (χ2v) is 3.86. The zero-order valence-corrected chi connectivity index (χ0v) is 9.10. The lowest BCUT2D eigenvalue weighted by atomic mass is 10.4. The van der Waals surface area contributed by atoms with Crippen molar-refractivity contribution in [1.29, 1.82) is 0 Å². The summed E-state index contributed by atoms with van der Waals surface area (Å²) < 4.78 is 4.87. The quantitative estimate of drug-likeness (QED) is 0.665. The third-order valence-electron chi connectivity index (χ3n) is 2.29. The number of amides is 1. The van der Waals surface area contributed by atoms with Crippen LogP contribution in [0.2, 0.25) is 0 Å². The summed E-state index contributed by atoms with van der Waals surface area (Å²) in [5.74, 6) is -1.17. The van der Waals surface area contributed by atoms with Gasteiger partial charge in [0.05, 0.1) is 0 Å². The molecule has 0 spiro atoms. The molecule has 1 saturated carbocycles. The average Bonchev–Trinajstić information content (AvgIpc) is 2.94. The predicted molar refractivity (Wildman–Crippen MR) is 57.7 cm³/mol. The summed E-state index contributed by atoms with van der Waals surface area (Å²) in [6.07, 6.45) is 3.47. The number of carbonyl (C=O) groups is 2. The lowest BCUT2D eigenvalue weighted by molar-refractivity contribution is -0.120.